The van der Waals surface area contributed by atoms with Crippen LogP contribution >= 0.6 is 11.3 Å². The van der Waals surface area contributed by atoms with Gasteiger partial charge in [-0.3, -0.25) is 4.99 Å². The number of furan rings is 1. The van der Waals surface area contributed by atoms with Crippen LogP contribution in [0.25, 0.3) is 11.5 Å². The molecule has 1 aliphatic carbocycles. The van der Waals surface area contributed by atoms with Crippen LogP contribution in [0.4, 0.5) is 0 Å². The van der Waals surface area contributed by atoms with Gasteiger partial charge in [-0.1, -0.05) is 19.3 Å². The fraction of sp³-hybridized carbons (Fsp3) is 0.364. The van der Waals surface area contributed by atoms with Crippen LogP contribution in [0, 0.1) is 0 Å². The standard InChI is InChI=1S/C22H25N3O4S/c1-27-19-11-15(12-20(28-2)21(19)26)13-23-25-17(18-9-6-10-29-18)14-30-22(25)24-16-7-4-3-5-8-16/h6,9-14,16,26H,3-5,7-8H2,1-2H3. The van der Waals surface area contributed by atoms with Gasteiger partial charge in [-0.15, -0.1) is 11.3 Å². The van der Waals surface area contributed by atoms with Gasteiger partial charge in [0.15, 0.2) is 17.3 Å². The van der Waals surface area contributed by atoms with Crippen molar-refractivity contribution in [1.82, 2.24) is 4.68 Å². The number of aromatic nitrogens is 1. The molecule has 8 heteroatoms. The van der Waals surface area contributed by atoms with E-state index in [1.807, 2.05) is 22.2 Å². The SMILES string of the molecule is COc1cc(C=Nn2c(-c3ccco3)csc2=NC2CCCCC2)cc(OC)c1O. The van der Waals surface area contributed by atoms with Crippen LogP contribution in [0.3, 0.4) is 0 Å². The number of methoxy groups -OCH3 is 2. The van der Waals surface area contributed by atoms with Gasteiger partial charge in [0, 0.05) is 10.9 Å². The van der Waals surface area contributed by atoms with Crippen molar-refractivity contribution >= 4 is 17.6 Å². The first kappa shape index (κ1) is 20.3. The van der Waals surface area contributed by atoms with E-state index in [-0.39, 0.29) is 5.75 Å². The van der Waals surface area contributed by atoms with Crippen molar-refractivity contribution in [3.05, 3.63) is 46.3 Å². The fourth-order valence-electron chi connectivity index (χ4n) is 3.57. The van der Waals surface area contributed by atoms with Gasteiger partial charge >= 0.3 is 0 Å². The molecule has 2 aromatic heterocycles. The lowest BCUT2D eigenvalue weighted by Crippen LogP contribution is -2.18. The summed E-state index contributed by atoms with van der Waals surface area (Å²) in [6.45, 7) is 0. The summed E-state index contributed by atoms with van der Waals surface area (Å²) in [6.07, 6.45) is 9.31. The Morgan fingerprint density at radius 2 is 1.90 bits per heavy atom. The van der Waals surface area contributed by atoms with E-state index in [4.69, 9.17) is 24.0 Å². The summed E-state index contributed by atoms with van der Waals surface area (Å²) in [5, 5.41) is 16.8. The second kappa shape index (κ2) is 9.21. The van der Waals surface area contributed by atoms with Gasteiger partial charge in [0.2, 0.25) is 10.6 Å². The molecule has 1 fully saturated rings. The molecule has 0 bridgehead atoms. The van der Waals surface area contributed by atoms with Gasteiger partial charge < -0.3 is 19.0 Å². The third-order valence-electron chi connectivity index (χ3n) is 5.15. The van der Waals surface area contributed by atoms with E-state index in [0.29, 0.717) is 17.5 Å². The number of phenols is 1. The average Bonchev–Trinajstić information content (AvgIpc) is 3.43. The number of hydrogen-bond donors (Lipinski definition) is 1. The molecule has 1 N–H and O–H groups in total. The topological polar surface area (TPSA) is 81.5 Å². The lowest BCUT2D eigenvalue weighted by Gasteiger charge is -2.16. The molecule has 0 saturated heterocycles. The van der Waals surface area contributed by atoms with Gasteiger partial charge in [0.05, 0.1) is 32.7 Å². The molecule has 0 atom stereocenters. The van der Waals surface area contributed by atoms with Gasteiger partial charge in [-0.25, -0.2) is 4.68 Å². The summed E-state index contributed by atoms with van der Waals surface area (Å²) >= 11 is 1.55. The number of aromatic hydroxyl groups is 1. The second-order valence-corrected chi connectivity index (χ2v) is 7.97. The van der Waals surface area contributed by atoms with Gasteiger partial charge in [0.25, 0.3) is 0 Å². The van der Waals surface area contributed by atoms with E-state index >= 15 is 0 Å². The maximum atomic E-state index is 10.1. The largest absolute Gasteiger partial charge is 0.502 e. The van der Waals surface area contributed by atoms with Gasteiger partial charge in [-0.05, 0) is 37.1 Å². The Kier molecular flexibility index (Phi) is 6.23. The molecule has 0 radical (unpaired) electrons. The normalized spacial score (nSPS) is 15.7. The second-order valence-electron chi connectivity index (χ2n) is 7.13. The first-order chi connectivity index (χ1) is 14.7. The smallest absolute Gasteiger partial charge is 0.206 e. The minimum atomic E-state index is -0.0374. The molecule has 1 aliphatic rings. The van der Waals surface area contributed by atoms with E-state index < -0.39 is 0 Å². The van der Waals surface area contributed by atoms with Crippen molar-refractivity contribution in [1.29, 1.82) is 0 Å². The predicted molar refractivity (Wildman–Crippen MR) is 117 cm³/mol. The number of ether oxygens (including phenoxy) is 2. The van der Waals surface area contributed by atoms with Crippen LogP contribution < -0.4 is 14.3 Å². The molecule has 0 spiro atoms. The molecule has 158 valence electrons. The van der Waals surface area contributed by atoms with E-state index in [9.17, 15) is 5.11 Å². The van der Waals surface area contributed by atoms with E-state index in [1.54, 1.807) is 35.9 Å². The molecule has 0 amide bonds. The monoisotopic (exact) mass is 427 g/mol. The number of nitrogens with zero attached hydrogens (tertiary/aromatic N) is 3. The van der Waals surface area contributed by atoms with Crippen molar-refractivity contribution in [2.24, 2.45) is 10.1 Å². The summed E-state index contributed by atoms with van der Waals surface area (Å²) in [7, 11) is 3.00. The van der Waals surface area contributed by atoms with Crippen LogP contribution in [-0.4, -0.2) is 36.3 Å². The molecule has 0 unspecified atom stereocenters. The highest BCUT2D eigenvalue weighted by Gasteiger charge is 2.15. The minimum Gasteiger partial charge on any atom is -0.502 e. The third kappa shape index (κ3) is 4.28. The minimum absolute atomic E-state index is 0.0374. The van der Waals surface area contributed by atoms with Crippen LogP contribution in [0.15, 0.2) is 50.4 Å². The molecule has 0 aliphatic heterocycles. The van der Waals surface area contributed by atoms with E-state index in [2.05, 4.69) is 0 Å². The number of hydrogen-bond acceptors (Lipinski definition) is 7. The summed E-state index contributed by atoms with van der Waals surface area (Å²) in [5.74, 6) is 1.34. The third-order valence-corrected chi connectivity index (χ3v) is 5.98. The first-order valence-corrected chi connectivity index (χ1v) is 10.8. The molecule has 7 nitrogen and oxygen atoms in total. The fourth-order valence-corrected chi connectivity index (χ4v) is 4.46. The summed E-state index contributed by atoms with van der Waals surface area (Å²) in [5.41, 5.74) is 1.57. The molecule has 2 heterocycles. The molecule has 4 rings (SSSR count). The van der Waals surface area contributed by atoms with Gasteiger partial charge in [-0.2, -0.15) is 5.10 Å². The van der Waals surface area contributed by atoms with Gasteiger partial charge in [0.1, 0.15) is 5.69 Å². The molecular weight excluding hydrogens is 402 g/mol. The van der Waals surface area contributed by atoms with Crippen molar-refractivity contribution < 1.29 is 19.0 Å². The average molecular weight is 428 g/mol. The molecule has 3 aromatic rings. The predicted octanol–water partition coefficient (Wildman–Crippen LogP) is 4.65. The van der Waals surface area contributed by atoms with Crippen molar-refractivity contribution in [2.75, 3.05) is 14.2 Å². The molecular formula is C22H25N3O4S. The quantitative estimate of drug-likeness (QED) is 0.581. The Bertz CT molecular complexity index is 1050. The summed E-state index contributed by atoms with van der Waals surface area (Å²) in [6, 6.07) is 7.51. The van der Waals surface area contributed by atoms with Crippen molar-refractivity contribution in [3.8, 4) is 28.7 Å². The van der Waals surface area contributed by atoms with Crippen LogP contribution in [-0.2, 0) is 0 Å². The zero-order valence-corrected chi connectivity index (χ0v) is 17.9. The molecule has 30 heavy (non-hydrogen) atoms. The Balaban J connectivity index is 1.75. The van der Waals surface area contributed by atoms with Crippen LogP contribution in [0.5, 0.6) is 17.2 Å². The maximum Gasteiger partial charge on any atom is 0.206 e. The number of rotatable bonds is 6. The lowest BCUT2D eigenvalue weighted by molar-refractivity contribution is 0.340. The molecule has 1 saturated carbocycles. The summed E-state index contributed by atoms with van der Waals surface area (Å²) in [4.78, 5) is 5.81. The Morgan fingerprint density at radius 3 is 2.53 bits per heavy atom. The maximum absolute atomic E-state index is 10.1. The Morgan fingerprint density at radius 1 is 1.17 bits per heavy atom. The first-order valence-electron chi connectivity index (χ1n) is 9.97. The van der Waals surface area contributed by atoms with Crippen molar-refractivity contribution in [3.63, 3.8) is 0 Å². The Labute approximate surface area is 178 Å². The van der Waals surface area contributed by atoms with Crippen molar-refractivity contribution in [2.45, 2.75) is 38.1 Å². The Hall–Kier alpha value is -3.00. The number of thiazole rings is 1. The number of phenolic OH excluding ortho intramolecular Hbond substituents is 1. The number of benzene rings is 1. The lowest BCUT2D eigenvalue weighted by atomic mass is 9.96. The van der Waals surface area contributed by atoms with Crippen LogP contribution in [0.2, 0.25) is 0 Å². The van der Waals surface area contributed by atoms with E-state index in [0.717, 1.165) is 34.7 Å². The van der Waals surface area contributed by atoms with Crippen LogP contribution in [0.1, 0.15) is 37.7 Å². The zero-order chi connectivity index (χ0) is 20.9. The molecule has 1 aromatic carbocycles. The zero-order valence-electron chi connectivity index (χ0n) is 17.1. The highest BCUT2D eigenvalue weighted by Crippen LogP contribution is 2.36. The van der Waals surface area contributed by atoms with E-state index in [1.165, 1.54) is 33.5 Å². The highest BCUT2D eigenvalue weighted by atomic mass is 32.1. The summed E-state index contributed by atoms with van der Waals surface area (Å²) < 4.78 is 17.9. The highest BCUT2D eigenvalue weighted by molar-refractivity contribution is 7.07.